The molecule has 0 aliphatic heterocycles. The van der Waals surface area contributed by atoms with Crippen LogP contribution in [0.25, 0.3) is 0 Å². The number of carbonyl (C=O) groups is 1. The Labute approximate surface area is 103 Å². The fourth-order valence-corrected chi connectivity index (χ4v) is 1.43. The van der Waals surface area contributed by atoms with Gasteiger partial charge in [0.25, 0.3) is 0 Å². The molecule has 0 aliphatic carbocycles. The monoisotopic (exact) mass is 242 g/mol. The highest BCUT2D eigenvalue weighted by Crippen LogP contribution is 2.12. The van der Waals surface area contributed by atoms with Crippen LogP contribution in [-0.4, -0.2) is 6.29 Å². The second-order valence-corrected chi connectivity index (χ2v) is 3.59. The summed E-state index contributed by atoms with van der Waals surface area (Å²) in [7, 11) is 0. The molecule has 88 valence electrons. The van der Waals surface area contributed by atoms with E-state index in [4.69, 9.17) is 0 Å². The van der Waals surface area contributed by atoms with Gasteiger partial charge in [-0.2, -0.15) is 0 Å². The highest BCUT2D eigenvalue weighted by molar-refractivity contribution is 5.79. The Hall–Kier alpha value is -2.47. The Kier molecular flexibility index (Phi) is 3.49. The second-order valence-electron chi connectivity index (χ2n) is 3.59. The first-order valence-electron chi connectivity index (χ1n) is 5.22. The van der Waals surface area contributed by atoms with Gasteiger partial charge in [0.15, 0.2) is 17.9 Å². The second kappa shape index (κ2) is 5.24. The molecule has 2 aromatic rings. The number of hydrogen-bond acceptors (Lipinski definition) is 1. The molecule has 0 aliphatic rings. The summed E-state index contributed by atoms with van der Waals surface area (Å²) in [6.07, 6.45) is 0.456. The molecule has 0 bridgehead atoms. The lowest BCUT2D eigenvalue weighted by Crippen LogP contribution is -1.93. The summed E-state index contributed by atoms with van der Waals surface area (Å²) in [4.78, 5) is 10.7. The van der Waals surface area contributed by atoms with Crippen LogP contribution in [0.3, 0.4) is 0 Å². The van der Waals surface area contributed by atoms with Crippen LogP contribution in [0.5, 0.6) is 0 Å². The van der Waals surface area contributed by atoms with Crippen molar-refractivity contribution in [1.29, 1.82) is 0 Å². The number of halogens is 2. The molecule has 18 heavy (non-hydrogen) atoms. The van der Waals surface area contributed by atoms with Gasteiger partial charge < -0.3 is 0 Å². The highest BCUT2D eigenvalue weighted by atomic mass is 19.2. The average molecular weight is 242 g/mol. The first-order chi connectivity index (χ1) is 8.70. The van der Waals surface area contributed by atoms with Crippen molar-refractivity contribution in [2.24, 2.45) is 0 Å². The maximum absolute atomic E-state index is 13.1. The van der Waals surface area contributed by atoms with E-state index >= 15 is 0 Å². The van der Waals surface area contributed by atoms with Gasteiger partial charge in [-0.15, -0.1) is 0 Å². The summed E-state index contributed by atoms with van der Waals surface area (Å²) < 4.78 is 26.0. The van der Waals surface area contributed by atoms with E-state index in [1.807, 2.05) is 18.2 Å². The number of carbonyl (C=O) groups excluding carboxylic acids is 1. The summed E-state index contributed by atoms with van der Waals surface area (Å²) in [6.45, 7) is 0. The van der Waals surface area contributed by atoms with Gasteiger partial charge in [-0.25, -0.2) is 8.78 Å². The van der Waals surface area contributed by atoms with Crippen LogP contribution in [-0.2, 0) is 0 Å². The van der Waals surface area contributed by atoms with Gasteiger partial charge in [0.2, 0.25) is 0 Å². The molecule has 0 fully saturated rings. The van der Waals surface area contributed by atoms with Crippen molar-refractivity contribution in [1.82, 2.24) is 0 Å². The van der Waals surface area contributed by atoms with E-state index in [0.29, 0.717) is 6.29 Å². The van der Waals surface area contributed by atoms with Crippen LogP contribution in [0.2, 0.25) is 0 Å². The van der Waals surface area contributed by atoms with Crippen LogP contribution in [0, 0.1) is 23.5 Å². The highest BCUT2D eigenvalue weighted by Gasteiger charge is 2.07. The van der Waals surface area contributed by atoms with Gasteiger partial charge >= 0.3 is 0 Å². The van der Waals surface area contributed by atoms with E-state index in [9.17, 15) is 13.6 Å². The standard InChI is InChI=1S/C15H8F2O/c16-14-8-12(13(10-18)9-15(14)17)7-6-11-4-2-1-3-5-11/h1-5,8-10H. The normalized spacial score (nSPS) is 9.44. The van der Waals surface area contributed by atoms with Gasteiger partial charge in [0.1, 0.15) is 0 Å². The zero-order valence-corrected chi connectivity index (χ0v) is 9.28. The Balaban J connectivity index is 2.44. The molecule has 0 aromatic heterocycles. The van der Waals surface area contributed by atoms with Crippen LogP contribution in [0.1, 0.15) is 21.5 Å². The van der Waals surface area contributed by atoms with Crippen LogP contribution in [0.4, 0.5) is 8.78 Å². The van der Waals surface area contributed by atoms with Crippen molar-refractivity contribution < 1.29 is 13.6 Å². The Morgan fingerprint density at radius 1 is 0.944 bits per heavy atom. The molecule has 0 amide bonds. The van der Waals surface area contributed by atoms with Gasteiger partial charge in [-0.05, 0) is 24.3 Å². The van der Waals surface area contributed by atoms with Crippen molar-refractivity contribution >= 4 is 6.29 Å². The van der Waals surface area contributed by atoms with E-state index in [2.05, 4.69) is 11.8 Å². The summed E-state index contributed by atoms with van der Waals surface area (Å²) >= 11 is 0. The Morgan fingerprint density at radius 3 is 2.28 bits per heavy atom. The summed E-state index contributed by atoms with van der Waals surface area (Å²) in [5.74, 6) is 3.38. The van der Waals surface area contributed by atoms with Crippen molar-refractivity contribution in [2.75, 3.05) is 0 Å². The first-order valence-corrected chi connectivity index (χ1v) is 5.22. The number of rotatable bonds is 1. The van der Waals surface area contributed by atoms with E-state index in [0.717, 1.165) is 17.7 Å². The molecular formula is C15H8F2O. The molecule has 0 atom stereocenters. The van der Waals surface area contributed by atoms with Crippen LogP contribution in [0.15, 0.2) is 42.5 Å². The number of hydrogen-bond donors (Lipinski definition) is 0. The maximum atomic E-state index is 13.1. The van der Waals surface area contributed by atoms with E-state index in [-0.39, 0.29) is 11.1 Å². The Morgan fingerprint density at radius 2 is 1.61 bits per heavy atom. The van der Waals surface area contributed by atoms with Gasteiger partial charge in [-0.3, -0.25) is 4.79 Å². The average Bonchev–Trinajstić information content (AvgIpc) is 2.41. The molecule has 0 saturated carbocycles. The van der Waals surface area contributed by atoms with Gasteiger partial charge in [0.05, 0.1) is 0 Å². The molecule has 1 nitrogen and oxygen atoms in total. The topological polar surface area (TPSA) is 17.1 Å². The zero-order valence-electron chi connectivity index (χ0n) is 9.28. The quantitative estimate of drug-likeness (QED) is 0.554. The third-order valence-corrected chi connectivity index (χ3v) is 2.33. The smallest absolute Gasteiger partial charge is 0.160 e. The molecule has 0 spiro atoms. The molecule has 3 heteroatoms. The lowest BCUT2D eigenvalue weighted by atomic mass is 10.1. The van der Waals surface area contributed by atoms with Gasteiger partial charge in [0, 0.05) is 16.7 Å². The minimum Gasteiger partial charge on any atom is -0.298 e. The SMILES string of the molecule is O=Cc1cc(F)c(F)cc1C#Cc1ccccc1. The fourth-order valence-electron chi connectivity index (χ4n) is 1.43. The van der Waals surface area contributed by atoms with Crippen molar-refractivity contribution in [3.8, 4) is 11.8 Å². The summed E-state index contributed by atoms with van der Waals surface area (Å²) in [5, 5.41) is 0. The zero-order chi connectivity index (χ0) is 13.0. The largest absolute Gasteiger partial charge is 0.298 e. The summed E-state index contributed by atoms with van der Waals surface area (Å²) in [5.41, 5.74) is 0.948. The molecular weight excluding hydrogens is 234 g/mol. The summed E-state index contributed by atoms with van der Waals surface area (Å²) in [6, 6.07) is 10.8. The van der Waals surface area contributed by atoms with Crippen molar-refractivity contribution in [2.45, 2.75) is 0 Å². The predicted molar refractivity (Wildman–Crippen MR) is 64.2 cm³/mol. The molecule has 0 radical (unpaired) electrons. The molecule has 0 saturated heterocycles. The minimum atomic E-state index is -1.05. The third kappa shape index (κ3) is 2.61. The molecule has 2 aromatic carbocycles. The first kappa shape index (κ1) is 12.0. The predicted octanol–water partition coefficient (Wildman–Crippen LogP) is 3.18. The van der Waals surface area contributed by atoms with Crippen molar-refractivity contribution in [3.05, 3.63) is 70.8 Å². The van der Waals surface area contributed by atoms with Crippen LogP contribution < -0.4 is 0 Å². The molecule has 0 unspecified atom stereocenters. The van der Waals surface area contributed by atoms with Gasteiger partial charge in [-0.1, -0.05) is 30.0 Å². The van der Waals surface area contributed by atoms with Crippen LogP contribution >= 0.6 is 0 Å². The van der Waals surface area contributed by atoms with E-state index in [1.54, 1.807) is 12.1 Å². The van der Waals surface area contributed by atoms with Crippen molar-refractivity contribution in [3.63, 3.8) is 0 Å². The number of aldehydes is 1. The van der Waals surface area contributed by atoms with E-state index in [1.165, 1.54) is 0 Å². The third-order valence-electron chi connectivity index (χ3n) is 2.33. The van der Waals surface area contributed by atoms with E-state index < -0.39 is 11.6 Å². The lowest BCUT2D eigenvalue weighted by Gasteiger charge is -1.98. The fraction of sp³-hybridized carbons (Fsp3) is 0. The minimum absolute atomic E-state index is 0.0392. The Bertz CT molecular complexity index is 637. The lowest BCUT2D eigenvalue weighted by molar-refractivity contribution is 0.112. The molecule has 2 rings (SSSR count). The molecule has 0 heterocycles. The maximum Gasteiger partial charge on any atom is 0.160 e. The number of benzene rings is 2. The molecule has 0 N–H and O–H groups in total.